The van der Waals surface area contributed by atoms with Gasteiger partial charge in [-0.1, -0.05) is 44.2 Å². The van der Waals surface area contributed by atoms with Crippen LogP contribution in [0.25, 0.3) is 0 Å². The summed E-state index contributed by atoms with van der Waals surface area (Å²) in [4.78, 5) is 9.23. The van der Waals surface area contributed by atoms with Crippen LogP contribution in [-0.2, 0) is 11.3 Å². The predicted molar refractivity (Wildman–Crippen MR) is 120 cm³/mol. The standard InChI is InChI=1S/C20H34N4O.HI/c1-4-23(5-2)14-12-22-20(21-3)24-13-11-19(15-24)17-25-16-18-9-7-6-8-10-18;/h6-10,19H,4-5,11-17H2,1-3H3,(H,21,22);1H. The fourth-order valence-corrected chi connectivity index (χ4v) is 3.28. The molecule has 0 spiro atoms. The Kier molecular flexibility index (Phi) is 11.9. The van der Waals surface area contributed by atoms with Crippen molar-refractivity contribution in [1.29, 1.82) is 0 Å². The molecule has 1 atom stereocenters. The third-order valence-electron chi connectivity index (χ3n) is 4.87. The molecule has 6 heteroatoms. The van der Waals surface area contributed by atoms with Crippen LogP contribution in [0.2, 0.25) is 0 Å². The lowest BCUT2D eigenvalue weighted by Gasteiger charge is -2.24. The minimum absolute atomic E-state index is 0. The van der Waals surface area contributed by atoms with Crippen molar-refractivity contribution >= 4 is 29.9 Å². The highest BCUT2D eigenvalue weighted by Crippen LogP contribution is 2.17. The summed E-state index contributed by atoms with van der Waals surface area (Å²) in [5.74, 6) is 1.61. The van der Waals surface area contributed by atoms with E-state index in [0.29, 0.717) is 12.5 Å². The van der Waals surface area contributed by atoms with E-state index in [1.807, 2.05) is 13.1 Å². The van der Waals surface area contributed by atoms with Gasteiger partial charge >= 0.3 is 0 Å². The molecule has 0 radical (unpaired) electrons. The second-order valence-corrected chi connectivity index (χ2v) is 6.60. The largest absolute Gasteiger partial charge is 0.376 e. The molecule has 1 unspecified atom stereocenters. The van der Waals surface area contributed by atoms with Crippen LogP contribution >= 0.6 is 24.0 Å². The van der Waals surface area contributed by atoms with Gasteiger partial charge < -0.3 is 19.9 Å². The summed E-state index contributed by atoms with van der Waals surface area (Å²) in [6.45, 7) is 12.2. The summed E-state index contributed by atoms with van der Waals surface area (Å²) in [7, 11) is 1.87. The zero-order chi connectivity index (χ0) is 17.9. The molecule has 0 aromatic heterocycles. The van der Waals surface area contributed by atoms with Crippen molar-refractivity contribution < 1.29 is 4.74 Å². The number of likely N-dealkylation sites (tertiary alicyclic amines) is 1. The third-order valence-corrected chi connectivity index (χ3v) is 4.87. The Morgan fingerprint density at radius 2 is 2.00 bits per heavy atom. The quantitative estimate of drug-likeness (QED) is 0.340. The maximum atomic E-state index is 5.91. The summed E-state index contributed by atoms with van der Waals surface area (Å²) in [6, 6.07) is 10.4. The second kappa shape index (κ2) is 13.3. The number of ether oxygens (including phenoxy) is 1. The number of aliphatic imine (C=N–C) groups is 1. The molecular weight excluding hydrogens is 439 g/mol. The summed E-state index contributed by atoms with van der Waals surface area (Å²) >= 11 is 0. The molecular formula is C20H35IN4O. The van der Waals surface area contributed by atoms with Gasteiger partial charge in [-0.3, -0.25) is 4.99 Å². The highest BCUT2D eigenvalue weighted by molar-refractivity contribution is 14.0. The fourth-order valence-electron chi connectivity index (χ4n) is 3.28. The zero-order valence-electron chi connectivity index (χ0n) is 16.5. The van der Waals surface area contributed by atoms with Crippen LogP contribution < -0.4 is 5.32 Å². The van der Waals surface area contributed by atoms with E-state index in [9.17, 15) is 0 Å². The van der Waals surface area contributed by atoms with Gasteiger partial charge in [0.1, 0.15) is 0 Å². The molecule has 0 amide bonds. The van der Waals surface area contributed by atoms with Gasteiger partial charge in [0, 0.05) is 39.1 Å². The minimum Gasteiger partial charge on any atom is -0.376 e. The molecule has 1 aliphatic rings. The number of rotatable bonds is 9. The number of nitrogens with zero attached hydrogens (tertiary/aromatic N) is 3. The molecule has 0 saturated carbocycles. The smallest absolute Gasteiger partial charge is 0.193 e. The molecule has 0 aliphatic carbocycles. The monoisotopic (exact) mass is 474 g/mol. The normalized spacial score (nSPS) is 17.5. The maximum absolute atomic E-state index is 5.91. The second-order valence-electron chi connectivity index (χ2n) is 6.60. The van der Waals surface area contributed by atoms with Crippen molar-refractivity contribution in [3.8, 4) is 0 Å². The van der Waals surface area contributed by atoms with Crippen molar-refractivity contribution in [3.63, 3.8) is 0 Å². The number of hydrogen-bond donors (Lipinski definition) is 1. The first-order chi connectivity index (χ1) is 12.3. The molecule has 1 aliphatic heterocycles. The van der Waals surface area contributed by atoms with E-state index >= 15 is 0 Å². The Labute approximate surface area is 176 Å². The van der Waals surface area contributed by atoms with Crippen LogP contribution in [0.3, 0.4) is 0 Å². The van der Waals surface area contributed by atoms with Gasteiger partial charge in [0.2, 0.25) is 0 Å². The van der Waals surface area contributed by atoms with E-state index in [1.165, 1.54) is 12.0 Å². The molecule has 1 aromatic rings. The summed E-state index contributed by atoms with van der Waals surface area (Å²) in [5.41, 5.74) is 1.24. The van der Waals surface area contributed by atoms with E-state index in [-0.39, 0.29) is 24.0 Å². The highest BCUT2D eigenvalue weighted by atomic mass is 127. The molecule has 1 N–H and O–H groups in total. The van der Waals surface area contributed by atoms with Crippen molar-refractivity contribution in [3.05, 3.63) is 35.9 Å². The topological polar surface area (TPSA) is 40.1 Å². The Balaban J connectivity index is 0.00000338. The van der Waals surface area contributed by atoms with Gasteiger partial charge in [-0.25, -0.2) is 0 Å². The van der Waals surface area contributed by atoms with Crippen LogP contribution in [0.4, 0.5) is 0 Å². The zero-order valence-corrected chi connectivity index (χ0v) is 18.8. The lowest BCUT2D eigenvalue weighted by molar-refractivity contribution is 0.0906. The molecule has 1 aromatic carbocycles. The van der Waals surface area contributed by atoms with Crippen molar-refractivity contribution in [2.45, 2.75) is 26.9 Å². The van der Waals surface area contributed by atoms with E-state index in [2.05, 4.69) is 58.2 Å². The van der Waals surface area contributed by atoms with Crippen molar-refractivity contribution in [2.24, 2.45) is 10.9 Å². The minimum atomic E-state index is 0. The average Bonchev–Trinajstić information content (AvgIpc) is 3.11. The fraction of sp³-hybridized carbons (Fsp3) is 0.650. The molecule has 148 valence electrons. The Bertz CT molecular complexity index is 508. The van der Waals surface area contributed by atoms with Gasteiger partial charge in [0.15, 0.2) is 5.96 Å². The van der Waals surface area contributed by atoms with Crippen molar-refractivity contribution in [1.82, 2.24) is 15.1 Å². The predicted octanol–water partition coefficient (Wildman–Crippen LogP) is 3.06. The Morgan fingerprint density at radius 1 is 1.27 bits per heavy atom. The SMILES string of the molecule is CCN(CC)CCNC(=NC)N1CCC(COCc2ccccc2)C1.I. The van der Waals surface area contributed by atoms with Gasteiger partial charge in [0.05, 0.1) is 13.2 Å². The van der Waals surface area contributed by atoms with Crippen LogP contribution in [0, 0.1) is 5.92 Å². The first kappa shape index (κ1) is 23.2. The van der Waals surface area contributed by atoms with Gasteiger partial charge in [0.25, 0.3) is 0 Å². The Morgan fingerprint density at radius 3 is 2.65 bits per heavy atom. The summed E-state index contributed by atoms with van der Waals surface area (Å²) in [5, 5.41) is 3.51. The van der Waals surface area contributed by atoms with Crippen LogP contribution in [0.1, 0.15) is 25.8 Å². The lowest BCUT2D eigenvalue weighted by Crippen LogP contribution is -2.43. The van der Waals surface area contributed by atoms with E-state index in [4.69, 9.17) is 4.74 Å². The van der Waals surface area contributed by atoms with E-state index in [0.717, 1.165) is 51.8 Å². The number of halogens is 1. The van der Waals surface area contributed by atoms with Gasteiger partial charge in [-0.2, -0.15) is 0 Å². The summed E-state index contributed by atoms with van der Waals surface area (Å²) in [6.07, 6.45) is 1.17. The first-order valence-corrected chi connectivity index (χ1v) is 9.56. The van der Waals surface area contributed by atoms with Crippen LogP contribution in [0.15, 0.2) is 35.3 Å². The molecule has 2 rings (SSSR count). The molecule has 1 saturated heterocycles. The molecule has 1 heterocycles. The number of guanidine groups is 1. The highest BCUT2D eigenvalue weighted by Gasteiger charge is 2.24. The summed E-state index contributed by atoms with van der Waals surface area (Å²) < 4.78 is 5.91. The van der Waals surface area contributed by atoms with Crippen LogP contribution in [0.5, 0.6) is 0 Å². The number of hydrogen-bond acceptors (Lipinski definition) is 3. The number of benzene rings is 1. The lowest BCUT2D eigenvalue weighted by atomic mass is 10.1. The van der Waals surface area contributed by atoms with Gasteiger partial charge in [-0.05, 0) is 25.1 Å². The molecule has 0 bridgehead atoms. The average molecular weight is 474 g/mol. The maximum Gasteiger partial charge on any atom is 0.193 e. The molecule has 1 fully saturated rings. The van der Waals surface area contributed by atoms with E-state index < -0.39 is 0 Å². The number of likely N-dealkylation sites (N-methyl/N-ethyl adjacent to an activating group) is 1. The first-order valence-electron chi connectivity index (χ1n) is 9.56. The van der Waals surface area contributed by atoms with Gasteiger partial charge in [-0.15, -0.1) is 24.0 Å². The Hall–Kier alpha value is -0.860. The molecule has 26 heavy (non-hydrogen) atoms. The molecule has 5 nitrogen and oxygen atoms in total. The van der Waals surface area contributed by atoms with Crippen LogP contribution in [-0.4, -0.2) is 68.7 Å². The number of nitrogens with one attached hydrogen (secondary N) is 1. The van der Waals surface area contributed by atoms with E-state index in [1.54, 1.807) is 0 Å². The van der Waals surface area contributed by atoms with Crippen molar-refractivity contribution in [2.75, 3.05) is 52.9 Å². The third kappa shape index (κ3) is 7.80.